The Morgan fingerprint density at radius 1 is 0.925 bits per heavy atom. The van der Waals surface area contributed by atoms with E-state index in [-0.39, 0.29) is 53.5 Å². The smallest absolute Gasteiger partial charge is 0.381 e. The van der Waals surface area contributed by atoms with Gasteiger partial charge in [0, 0.05) is 31.6 Å². The lowest BCUT2D eigenvalue weighted by atomic mass is 9.86. The van der Waals surface area contributed by atoms with E-state index in [9.17, 15) is 49.1 Å². The highest BCUT2D eigenvalue weighted by atomic mass is 32.2. The summed E-state index contributed by atoms with van der Waals surface area (Å²) in [5.74, 6) is -0.937. The highest BCUT2D eigenvalue weighted by molar-refractivity contribution is 7.92. The van der Waals surface area contributed by atoms with Crippen molar-refractivity contribution >= 4 is 21.5 Å². The number of aryl methyl sites for hydroxylation is 1. The van der Waals surface area contributed by atoms with Gasteiger partial charge in [0.2, 0.25) is 0 Å². The molecule has 2 aliphatic heterocycles. The summed E-state index contributed by atoms with van der Waals surface area (Å²) in [6, 6.07) is 4.36. The third-order valence-corrected chi connectivity index (χ3v) is 9.21. The van der Waals surface area contributed by atoms with Crippen LogP contribution in [0.15, 0.2) is 47.4 Å². The predicted molar refractivity (Wildman–Crippen MR) is 128 cm³/mol. The van der Waals surface area contributed by atoms with E-state index in [4.69, 9.17) is 4.74 Å². The molecular weight excluding hydrogens is 571 g/mol. The molecule has 14 heteroatoms. The largest absolute Gasteiger partial charge is 0.430 e. The van der Waals surface area contributed by atoms with E-state index in [1.54, 1.807) is 0 Å². The topological polar surface area (TPSA) is 83.9 Å². The minimum absolute atomic E-state index is 0.0456. The van der Waals surface area contributed by atoms with Crippen LogP contribution in [-0.2, 0) is 31.6 Å². The van der Waals surface area contributed by atoms with Crippen molar-refractivity contribution in [3.05, 3.63) is 59.4 Å². The number of carbonyl (C=O) groups excluding carboxylic acids is 1. The Morgan fingerprint density at radius 3 is 2.10 bits per heavy atom. The summed E-state index contributed by atoms with van der Waals surface area (Å²) in [5.41, 5.74) is -7.12. The van der Waals surface area contributed by atoms with Crippen LogP contribution in [0.2, 0.25) is 0 Å². The normalized spacial score (nSPS) is 19.4. The molecule has 0 spiro atoms. The predicted octanol–water partition coefficient (Wildman–Crippen LogP) is 5.42. The molecule has 0 amide bonds. The summed E-state index contributed by atoms with van der Waals surface area (Å²) in [7, 11) is -4.54. The van der Waals surface area contributed by atoms with E-state index in [0.29, 0.717) is 38.2 Å². The van der Waals surface area contributed by atoms with Gasteiger partial charge >= 0.3 is 12.4 Å². The number of alkyl halides is 6. The standard InChI is InChI=1S/C26H26F7NO5S/c27-19-3-6-22(7-4-19)40(37,38)34-20(15-21(35)13-16-9-11-39-12-10-16)5-1-17-14-18(2-8-23(17)34)24(36,25(28,29)30)26(31,32)33/h2-4,6-8,14,16,20,36H,1,5,9-13,15H2/t20-/m0/s1. The fourth-order valence-electron chi connectivity index (χ4n) is 5.20. The Morgan fingerprint density at radius 2 is 1.52 bits per heavy atom. The first kappa shape index (κ1) is 30.3. The highest BCUT2D eigenvalue weighted by Crippen LogP contribution is 2.51. The molecule has 40 heavy (non-hydrogen) atoms. The van der Waals surface area contributed by atoms with Gasteiger partial charge in [0.1, 0.15) is 11.6 Å². The molecule has 0 radical (unpaired) electrons. The van der Waals surface area contributed by atoms with Crippen molar-refractivity contribution in [2.24, 2.45) is 5.92 Å². The van der Waals surface area contributed by atoms with Crippen LogP contribution in [0.25, 0.3) is 0 Å². The van der Waals surface area contributed by atoms with E-state index < -0.39 is 45.4 Å². The van der Waals surface area contributed by atoms with Gasteiger partial charge in [0.15, 0.2) is 0 Å². The third kappa shape index (κ3) is 5.70. The molecule has 0 unspecified atom stereocenters. The van der Waals surface area contributed by atoms with Gasteiger partial charge in [-0.15, -0.1) is 0 Å². The molecule has 1 fully saturated rings. The Bertz CT molecular complexity index is 1320. The number of hydrogen-bond donors (Lipinski definition) is 1. The second kappa shape index (κ2) is 10.9. The number of benzene rings is 2. The number of rotatable bonds is 7. The summed E-state index contributed by atoms with van der Waals surface area (Å²) in [4.78, 5) is 12.6. The molecule has 0 bridgehead atoms. The van der Waals surface area contributed by atoms with Crippen molar-refractivity contribution in [1.29, 1.82) is 0 Å². The number of aliphatic hydroxyl groups is 1. The van der Waals surface area contributed by atoms with Crippen molar-refractivity contribution in [2.45, 2.75) is 67.4 Å². The molecule has 4 rings (SSSR count). The van der Waals surface area contributed by atoms with Crippen LogP contribution < -0.4 is 4.31 Å². The minimum Gasteiger partial charge on any atom is -0.381 e. The van der Waals surface area contributed by atoms with E-state index in [1.807, 2.05) is 0 Å². The van der Waals surface area contributed by atoms with Crippen LogP contribution in [0, 0.1) is 11.7 Å². The van der Waals surface area contributed by atoms with Crippen molar-refractivity contribution in [1.82, 2.24) is 0 Å². The number of anilines is 1. The van der Waals surface area contributed by atoms with E-state index in [0.717, 1.165) is 34.6 Å². The number of ketones is 1. The average molecular weight is 598 g/mol. The number of ether oxygens (including phenoxy) is 1. The third-order valence-electron chi connectivity index (χ3n) is 7.32. The second-order valence-corrected chi connectivity index (χ2v) is 11.8. The van der Waals surface area contributed by atoms with Crippen LogP contribution >= 0.6 is 0 Å². The number of Topliss-reactive ketones (excluding diaryl/α,β-unsaturated/α-hetero) is 1. The van der Waals surface area contributed by atoms with Crippen molar-refractivity contribution < 1.29 is 53.8 Å². The van der Waals surface area contributed by atoms with Crippen LogP contribution in [0.3, 0.4) is 0 Å². The van der Waals surface area contributed by atoms with Gasteiger partial charge < -0.3 is 9.84 Å². The van der Waals surface area contributed by atoms with Gasteiger partial charge in [-0.25, -0.2) is 12.8 Å². The average Bonchev–Trinajstić information content (AvgIpc) is 2.87. The molecule has 2 aromatic carbocycles. The quantitative estimate of drug-likeness (QED) is 0.431. The molecule has 0 aliphatic carbocycles. The van der Waals surface area contributed by atoms with Gasteiger partial charge in [-0.2, -0.15) is 26.3 Å². The van der Waals surface area contributed by atoms with Crippen LogP contribution in [0.1, 0.15) is 43.2 Å². The lowest BCUT2D eigenvalue weighted by molar-refractivity contribution is -0.376. The molecule has 0 saturated carbocycles. The van der Waals surface area contributed by atoms with E-state index in [1.165, 1.54) is 0 Å². The van der Waals surface area contributed by atoms with Crippen LogP contribution in [0.5, 0.6) is 0 Å². The molecule has 1 saturated heterocycles. The molecular formula is C26H26F7NO5S. The van der Waals surface area contributed by atoms with Gasteiger partial charge in [0.25, 0.3) is 15.6 Å². The molecule has 1 atom stereocenters. The second-order valence-electron chi connectivity index (χ2n) is 10.00. The molecule has 220 valence electrons. The monoisotopic (exact) mass is 597 g/mol. The van der Waals surface area contributed by atoms with Gasteiger partial charge in [-0.3, -0.25) is 9.10 Å². The van der Waals surface area contributed by atoms with Crippen LogP contribution in [0.4, 0.5) is 36.4 Å². The van der Waals surface area contributed by atoms with Crippen molar-refractivity contribution in [3.8, 4) is 0 Å². The number of carbonyl (C=O) groups is 1. The first-order valence-electron chi connectivity index (χ1n) is 12.4. The maximum Gasteiger partial charge on any atom is 0.430 e. The first-order valence-corrected chi connectivity index (χ1v) is 13.9. The molecule has 0 aromatic heterocycles. The molecule has 2 aliphatic rings. The Balaban J connectivity index is 1.76. The summed E-state index contributed by atoms with van der Waals surface area (Å²) < 4.78 is 128. The van der Waals surface area contributed by atoms with Gasteiger partial charge in [-0.05, 0) is 67.5 Å². The minimum atomic E-state index is -6.12. The molecule has 2 aromatic rings. The summed E-state index contributed by atoms with van der Waals surface area (Å²) >= 11 is 0. The maximum absolute atomic E-state index is 13.7. The van der Waals surface area contributed by atoms with Gasteiger partial charge in [0.05, 0.1) is 16.6 Å². The number of nitrogens with zero attached hydrogens (tertiary/aromatic N) is 1. The summed E-state index contributed by atoms with van der Waals surface area (Å²) in [6.07, 6.45) is -11.2. The SMILES string of the molecule is O=C(CC1CCOCC1)C[C@@H]1CCc2cc(C(O)(C(F)(F)F)C(F)(F)F)ccc2N1S(=O)(=O)c1ccc(F)cc1. The molecule has 2 heterocycles. The highest BCUT2D eigenvalue weighted by Gasteiger charge is 2.71. The lowest BCUT2D eigenvalue weighted by Gasteiger charge is -2.39. The Hall–Kier alpha value is -2.71. The number of fused-ring (bicyclic) bond motifs is 1. The number of halogens is 7. The van der Waals surface area contributed by atoms with Gasteiger partial charge in [-0.1, -0.05) is 12.1 Å². The molecule has 6 nitrogen and oxygen atoms in total. The lowest BCUT2D eigenvalue weighted by Crippen LogP contribution is -2.54. The first-order chi connectivity index (χ1) is 18.6. The summed E-state index contributed by atoms with van der Waals surface area (Å²) in [5, 5.41) is 9.84. The fourth-order valence-corrected chi connectivity index (χ4v) is 6.92. The Kier molecular flexibility index (Phi) is 8.27. The zero-order valence-corrected chi connectivity index (χ0v) is 21.8. The summed E-state index contributed by atoms with van der Waals surface area (Å²) in [6.45, 7) is 0.981. The van der Waals surface area contributed by atoms with E-state index >= 15 is 0 Å². The number of sulfonamides is 1. The zero-order chi connectivity index (χ0) is 29.5. The van der Waals surface area contributed by atoms with E-state index in [2.05, 4.69) is 0 Å². The fraction of sp³-hybridized carbons (Fsp3) is 0.500. The Labute approximate surface area is 225 Å². The van der Waals surface area contributed by atoms with Crippen molar-refractivity contribution in [2.75, 3.05) is 17.5 Å². The van der Waals surface area contributed by atoms with Crippen LogP contribution in [-0.4, -0.2) is 50.9 Å². The maximum atomic E-state index is 13.7. The van der Waals surface area contributed by atoms with Crippen molar-refractivity contribution in [3.63, 3.8) is 0 Å². The molecule has 1 N–H and O–H groups in total. The number of hydrogen-bond acceptors (Lipinski definition) is 5. The zero-order valence-electron chi connectivity index (χ0n) is 20.9.